The molecule has 0 N–H and O–H groups in total. The number of aryl methyl sites for hydroxylation is 1. The second kappa shape index (κ2) is 15.4. The minimum Gasteiger partial charge on any atom is -0.510 e. The molecule has 0 aliphatic heterocycles. The molecule has 0 saturated heterocycles. The van der Waals surface area contributed by atoms with E-state index in [1.807, 2.05) is 53.2 Å². The van der Waals surface area contributed by atoms with Gasteiger partial charge in [-0.3, -0.25) is 4.57 Å². The van der Waals surface area contributed by atoms with Crippen molar-refractivity contribution in [1.82, 2.24) is 23.3 Å². The molecule has 7 nitrogen and oxygen atoms in total. The van der Waals surface area contributed by atoms with E-state index in [9.17, 15) is 0 Å². The third kappa shape index (κ3) is 6.22. The van der Waals surface area contributed by atoms with E-state index < -0.39 is 0 Å². The number of hydrogen-bond donors (Lipinski definition) is 0. The smallest absolute Gasteiger partial charge is 0.268 e. The van der Waals surface area contributed by atoms with Crippen molar-refractivity contribution in [3.63, 3.8) is 0 Å². The number of hydrogen-bond acceptors (Lipinski definition) is 2. The van der Waals surface area contributed by atoms with Crippen LogP contribution in [0.2, 0.25) is 0 Å². The average Bonchev–Trinajstić information content (AvgIpc) is 4.09. The fourth-order valence-electron chi connectivity index (χ4n) is 10.2. The topological polar surface area (TPSA) is 45.7 Å². The van der Waals surface area contributed by atoms with Crippen LogP contribution in [0.25, 0.3) is 99.3 Å². The number of ether oxygens (including phenoxy) is 1. The zero-order valence-electron chi connectivity index (χ0n) is 37.2. The van der Waals surface area contributed by atoms with Crippen LogP contribution < -0.4 is 9.30 Å². The summed E-state index contributed by atoms with van der Waals surface area (Å²) in [7, 11) is 2.20. The molecule has 0 spiro atoms. The summed E-state index contributed by atoms with van der Waals surface area (Å²) in [5.74, 6) is 1.97. The molecule has 13 aromatic rings. The molecule has 0 amide bonds. The Bertz CT molecular complexity index is 4080. The Morgan fingerprint density at radius 3 is 1.94 bits per heavy atom. The zero-order chi connectivity index (χ0) is 44.3. The largest absolute Gasteiger partial charge is 0.510 e. The maximum absolute atomic E-state index is 6.81. The van der Waals surface area contributed by atoms with Crippen molar-refractivity contribution >= 4 is 76.5 Å². The molecule has 5 aromatic heterocycles. The fraction of sp³-hybridized carbons (Fsp3) is 0.0847. The van der Waals surface area contributed by atoms with E-state index in [4.69, 9.17) is 9.72 Å². The predicted molar refractivity (Wildman–Crippen MR) is 267 cm³/mol. The van der Waals surface area contributed by atoms with E-state index in [-0.39, 0.29) is 26.5 Å². The van der Waals surface area contributed by atoms with Gasteiger partial charge in [0.25, 0.3) is 6.33 Å². The molecule has 0 aliphatic carbocycles. The second-order valence-corrected chi connectivity index (χ2v) is 18.1. The van der Waals surface area contributed by atoms with E-state index >= 15 is 0 Å². The molecular weight excluding hydrogens is 1000 g/mol. The zero-order valence-corrected chi connectivity index (χ0v) is 39.5. The predicted octanol–water partition coefficient (Wildman–Crippen LogP) is 13.6. The maximum Gasteiger partial charge on any atom is 0.268 e. The first kappa shape index (κ1) is 40.8. The quantitative estimate of drug-likeness (QED) is 0.123. The molecule has 326 valence electrons. The minimum absolute atomic E-state index is 0. The number of para-hydroxylation sites is 6. The van der Waals surface area contributed by atoms with Gasteiger partial charge in [0.05, 0.1) is 38.8 Å². The number of pyridine rings is 1. The van der Waals surface area contributed by atoms with Crippen LogP contribution in [0, 0.1) is 18.5 Å². The molecule has 8 aromatic carbocycles. The summed E-state index contributed by atoms with van der Waals surface area (Å²) < 4.78 is 18.1. The Morgan fingerprint density at radius 1 is 0.537 bits per heavy atom. The summed E-state index contributed by atoms with van der Waals surface area (Å²) >= 11 is 0. The van der Waals surface area contributed by atoms with Crippen molar-refractivity contribution in [2.45, 2.75) is 26.2 Å². The molecule has 0 bridgehead atoms. The van der Waals surface area contributed by atoms with Crippen molar-refractivity contribution in [3.05, 3.63) is 206 Å². The number of benzene rings is 8. The Labute approximate surface area is 401 Å². The Hall–Kier alpha value is -7.73. The van der Waals surface area contributed by atoms with Crippen LogP contribution in [0.3, 0.4) is 0 Å². The van der Waals surface area contributed by atoms with Gasteiger partial charge < -0.3 is 23.0 Å². The van der Waals surface area contributed by atoms with Gasteiger partial charge in [-0.2, -0.15) is 18.2 Å². The standard InChI is InChI=1S/C59H42N6O.Pt/c1-59(2,3)38-32-33-60-52(34-38)65-51-36-43(66-42-23-17-22-41(35-42)63-37-62(39-18-7-5-8-19-39)49-28-15-16-29-50(49)63)30-31-46(51)53-54-45-25-12-14-27-48(45)64(40-20-9-6-10-21-40)58(54)57-55(56(53)65)44-24-11-13-26-47(44)61(57)4;/h5-34H,1-4H3;/q-2;. The van der Waals surface area contributed by atoms with Gasteiger partial charge in [0.15, 0.2) is 0 Å². The van der Waals surface area contributed by atoms with E-state index in [0.717, 1.165) is 83.2 Å². The molecule has 0 atom stereocenters. The molecular formula is C59H42N6OPt-2. The molecule has 0 fully saturated rings. The number of fused-ring (bicyclic) bond motifs is 13. The third-order valence-electron chi connectivity index (χ3n) is 13.2. The van der Waals surface area contributed by atoms with Crippen LogP contribution in [0.5, 0.6) is 11.5 Å². The van der Waals surface area contributed by atoms with Crippen LogP contribution >= 0.6 is 0 Å². The number of rotatable bonds is 6. The average molecular weight is 1050 g/mol. The van der Waals surface area contributed by atoms with Crippen LogP contribution in [-0.2, 0) is 33.5 Å². The maximum atomic E-state index is 6.81. The van der Waals surface area contributed by atoms with Gasteiger partial charge in [0, 0.05) is 78.6 Å². The van der Waals surface area contributed by atoms with Crippen LogP contribution in [0.4, 0.5) is 0 Å². The van der Waals surface area contributed by atoms with Crippen molar-refractivity contribution in [3.8, 4) is 34.4 Å². The summed E-state index contributed by atoms with van der Waals surface area (Å²) in [4.78, 5) is 5.17. The Morgan fingerprint density at radius 2 is 1.18 bits per heavy atom. The fourth-order valence-corrected chi connectivity index (χ4v) is 10.2. The van der Waals surface area contributed by atoms with Crippen molar-refractivity contribution in [1.29, 1.82) is 0 Å². The van der Waals surface area contributed by atoms with Gasteiger partial charge in [-0.05, 0) is 70.6 Å². The first-order chi connectivity index (χ1) is 32.3. The molecule has 8 heteroatoms. The Balaban J connectivity index is 0.00000468. The Kier molecular flexibility index (Phi) is 9.39. The van der Waals surface area contributed by atoms with E-state index in [2.05, 4.69) is 198 Å². The van der Waals surface area contributed by atoms with Crippen LogP contribution in [0.1, 0.15) is 26.3 Å². The van der Waals surface area contributed by atoms with Gasteiger partial charge in [-0.25, -0.2) is 4.98 Å². The molecule has 5 heterocycles. The summed E-state index contributed by atoms with van der Waals surface area (Å²) in [5.41, 5.74) is 12.7. The molecule has 0 radical (unpaired) electrons. The van der Waals surface area contributed by atoms with E-state index in [0.29, 0.717) is 11.5 Å². The third-order valence-corrected chi connectivity index (χ3v) is 13.2. The van der Waals surface area contributed by atoms with Gasteiger partial charge in [0.1, 0.15) is 5.82 Å². The normalized spacial score (nSPS) is 12.1. The van der Waals surface area contributed by atoms with Gasteiger partial charge >= 0.3 is 0 Å². The summed E-state index contributed by atoms with van der Waals surface area (Å²) in [6, 6.07) is 68.9. The molecule has 0 unspecified atom stereocenters. The molecule has 0 aliphatic rings. The first-order valence-corrected chi connectivity index (χ1v) is 22.4. The van der Waals surface area contributed by atoms with Gasteiger partial charge in [-0.1, -0.05) is 123 Å². The summed E-state index contributed by atoms with van der Waals surface area (Å²) in [5, 5.41) is 6.91. The number of nitrogens with zero attached hydrogens (tertiary/aromatic N) is 6. The first-order valence-electron chi connectivity index (χ1n) is 22.4. The number of aromatic nitrogens is 6. The minimum atomic E-state index is -0.108. The van der Waals surface area contributed by atoms with Crippen molar-refractivity contribution in [2.75, 3.05) is 0 Å². The van der Waals surface area contributed by atoms with Crippen molar-refractivity contribution < 1.29 is 30.4 Å². The van der Waals surface area contributed by atoms with Crippen molar-refractivity contribution in [2.24, 2.45) is 7.05 Å². The SMILES string of the molecule is Cn1c2ccccc2c2c1c1c(c3ccccc3n1-c1ccccc1)c1c3ccc(Oc4[c-]c(-[n+]5[c-]n(-c6ccccc6)c6ccccc65)ccc4)[c-]c3n(-c3cc(C(C)(C)C)ccn3)c12.[Pt]. The molecule has 0 saturated carbocycles. The summed E-state index contributed by atoms with van der Waals surface area (Å²) in [6.45, 7) is 6.75. The van der Waals surface area contributed by atoms with Gasteiger partial charge in [-0.15, -0.1) is 29.7 Å². The van der Waals surface area contributed by atoms with Crippen LogP contribution in [0.15, 0.2) is 182 Å². The second-order valence-electron chi connectivity index (χ2n) is 18.1. The molecule has 13 rings (SSSR count). The molecule has 67 heavy (non-hydrogen) atoms. The summed E-state index contributed by atoms with van der Waals surface area (Å²) in [6.07, 6.45) is 5.53. The monoisotopic (exact) mass is 1050 g/mol. The van der Waals surface area contributed by atoms with E-state index in [1.54, 1.807) is 0 Å². The van der Waals surface area contributed by atoms with E-state index in [1.165, 1.54) is 21.7 Å². The van der Waals surface area contributed by atoms with Crippen LogP contribution in [-0.4, -0.2) is 23.3 Å². The van der Waals surface area contributed by atoms with Gasteiger partial charge in [0.2, 0.25) is 0 Å². The number of imidazole rings is 1.